The standard InChI is InChI=1S/C14H15ClFN3O2/c1-3-21-14(20)10-7-18-19(2)13(10)8-17-9-4-5-11(15)12(16)6-9/h4-7,17H,3,8H2,1-2H3. The minimum Gasteiger partial charge on any atom is -0.462 e. The molecule has 5 nitrogen and oxygen atoms in total. The number of aryl methyl sites for hydroxylation is 1. The monoisotopic (exact) mass is 311 g/mol. The van der Waals surface area contributed by atoms with E-state index >= 15 is 0 Å². The van der Waals surface area contributed by atoms with E-state index in [0.29, 0.717) is 30.1 Å². The zero-order valence-electron chi connectivity index (χ0n) is 11.7. The highest BCUT2D eigenvalue weighted by atomic mass is 35.5. The molecule has 1 aromatic heterocycles. The summed E-state index contributed by atoms with van der Waals surface area (Å²) in [6.45, 7) is 2.34. The molecule has 0 aliphatic rings. The van der Waals surface area contributed by atoms with E-state index in [1.807, 2.05) is 0 Å². The van der Waals surface area contributed by atoms with Gasteiger partial charge in [0.1, 0.15) is 11.4 Å². The number of aromatic nitrogens is 2. The number of nitrogens with zero attached hydrogens (tertiary/aromatic N) is 2. The number of carbonyl (C=O) groups is 1. The van der Waals surface area contributed by atoms with Crippen molar-refractivity contribution in [2.75, 3.05) is 11.9 Å². The van der Waals surface area contributed by atoms with Gasteiger partial charge in [0.25, 0.3) is 0 Å². The van der Waals surface area contributed by atoms with E-state index in [1.165, 1.54) is 18.3 Å². The van der Waals surface area contributed by atoms with Crippen molar-refractivity contribution >= 4 is 23.3 Å². The Morgan fingerprint density at radius 2 is 2.29 bits per heavy atom. The van der Waals surface area contributed by atoms with Crippen LogP contribution in [-0.2, 0) is 18.3 Å². The maximum atomic E-state index is 13.4. The second-order valence-corrected chi connectivity index (χ2v) is 4.74. The number of nitrogens with one attached hydrogen (secondary N) is 1. The van der Waals surface area contributed by atoms with Crippen LogP contribution < -0.4 is 5.32 Å². The van der Waals surface area contributed by atoms with Crippen LogP contribution in [0.4, 0.5) is 10.1 Å². The number of carbonyl (C=O) groups excluding carboxylic acids is 1. The van der Waals surface area contributed by atoms with Crippen LogP contribution in [-0.4, -0.2) is 22.4 Å². The number of hydrogen-bond acceptors (Lipinski definition) is 4. The van der Waals surface area contributed by atoms with Crippen LogP contribution in [0.5, 0.6) is 0 Å². The highest BCUT2D eigenvalue weighted by Crippen LogP contribution is 2.20. The number of benzene rings is 1. The second kappa shape index (κ2) is 6.58. The minimum atomic E-state index is -0.503. The van der Waals surface area contributed by atoms with Crippen LogP contribution in [0.15, 0.2) is 24.4 Å². The van der Waals surface area contributed by atoms with Gasteiger partial charge in [0.05, 0.1) is 30.1 Å². The van der Waals surface area contributed by atoms with Crippen LogP contribution in [0.2, 0.25) is 5.02 Å². The number of rotatable bonds is 5. The molecule has 0 aliphatic heterocycles. The van der Waals surface area contributed by atoms with Gasteiger partial charge in [0, 0.05) is 12.7 Å². The van der Waals surface area contributed by atoms with Crippen molar-refractivity contribution in [3.8, 4) is 0 Å². The van der Waals surface area contributed by atoms with Gasteiger partial charge in [-0.25, -0.2) is 9.18 Å². The normalized spacial score (nSPS) is 10.5. The van der Waals surface area contributed by atoms with Crippen molar-refractivity contribution in [3.05, 3.63) is 46.5 Å². The lowest BCUT2D eigenvalue weighted by molar-refractivity contribution is 0.0525. The third-order valence-corrected chi connectivity index (χ3v) is 3.24. The molecule has 1 N–H and O–H groups in total. The van der Waals surface area contributed by atoms with Crippen molar-refractivity contribution in [1.29, 1.82) is 0 Å². The molecule has 1 aromatic carbocycles. The van der Waals surface area contributed by atoms with Crippen molar-refractivity contribution in [2.45, 2.75) is 13.5 Å². The molecule has 1 heterocycles. The molecule has 0 atom stereocenters. The fourth-order valence-electron chi connectivity index (χ4n) is 1.84. The third kappa shape index (κ3) is 3.52. The van der Waals surface area contributed by atoms with Gasteiger partial charge in [0.2, 0.25) is 0 Å². The van der Waals surface area contributed by atoms with Crippen molar-refractivity contribution in [2.24, 2.45) is 7.05 Å². The summed E-state index contributed by atoms with van der Waals surface area (Å²) in [6.07, 6.45) is 1.46. The van der Waals surface area contributed by atoms with E-state index in [2.05, 4.69) is 10.4 Å². The number of ether oxygens (including phenoxy) is 1. The quantitative estimate of drug-likeness (QED) is 0.862. The first-order valence-electron chi connectivity index (χ1n) is 6.39. The van der Waals surface area contributed by atoms with E-state index in [0.717, 1.165) is 0 Å². The molecule has 21 heavy (non-hydrogen) atoms. The van der Waals surface area contributed by atoms with Crippen LogP contribution in [0.1, 0.15) is 23.0 Å². The predicted octanol–water partition coefficient (Wildman–Crippen LogP) is 3.00. The fourth-order valence-corrected chi connectivity index (χ4v) is 1.96. The molecule has 0 saturated carbocycles. The van der Waals surface area contributed by atoms with E-state index in [-0.39, 0.29) is 5.02 Å². The molecule has 0 spiro atoms. The average Bonchev–Trinajstić information content (AvgIpc) is 2.82. The zero-order valence-corrected chi connectivity index (χ0v) is 12.4. The minimum absolute atomic E-state index is 0.0632. The molecule has 0 bridgehead atoms. The highest BCUT2D eigenvalue weighted by Gasteiger charge is 2.16. The van der Waals surface area contributed by atoms with Crippen LogP contribution >= 0.6 is 11.6 Å². The van der Waals surface area contributed by atoms with Gasteiger partial charge in [-0.2, -0.15) is 5.10 Å². The third-order valence-electron chi connectivity index (χ3n) is 2.94. The summed E-state index contributed by atoms with van der Waals surface area (Å²) in [7, 11) is 1.72. The van der Waals surface area contributed by atoms with Gasteiger partial charge in [0.15, 0.2) is 0 Å². The number of esters is 1. The first kappa shape index (κ1) is 15.3. The Bertz CT molecular complexity index is 658. The molecule has 0 amide bonds. The molecule has 0 radical (unpaired) electrons. The number of halogens is 2. The molecule has 112 valence electrons. The van der Waals surface area contributed by atoms with Crippen LogP contribution in [0, 0.1) is 5.82 Å². The summed E-state index contributed by atoms with van der Waals surface area (Å²) in [6, 6.07) is 4.42. The van der Waals surface area contributed by atoms with Gasteiger partial charge in [-0.1, -0.05) is 11.6 Å². The summed E-state index contributed by atoms with van der Waals surface area (Å²) in [5.74, 6) is -0.929. The first-order valence-corrected chi connectivity index (χ1v) is 6.77. The number of hydrogen-bond donors (Lipinski definition) is 1. The average molecular weight is 312 g/mol. The van der Waals surface area contributed by atoms with E-state index in [4.69, 9.17) is 16.3 Å². The van der Waals surface area contributed by atoms with Gasteiger partial charge in [-0.05, 0) is 25.1 Å². The van der Waals surface area contributed by atoms with Crippen molar-refractivity contribution in [1.82, 2.24) is 9.78 Å². The molecular formula is C14H15ClFN3O2. The maximum Gasteiger partial charge on any atom is 0.341 e. The molecule has 0 fully saturated rings. The summed E-state index contributed by atoms with van der Waals surface area (Å²) in [5.41, 5.74) is 1.61. The van der Waals surface area contributed by atoms with Crippen molar-refractivity contribution in [3.63, 3.8) is 0 Å². The maximum absolute atomic E-state index is 13.4. The van der Waals surface area contributed by atoms with E-state index in [1.54, 1.807) is 24.7 Å². The Morgan fingerprint density at radius 1 is 1.52 bits per heavy atom. The summed E-state index contributed by atoms with van der Waals surface area (Å²) < 4.78 is 19.9. The lowest BCUT2D eigenvalue weighted by Crippen LogP contribution is -2.12. The molecule has 0 unspecified atom stereocenters. The Balaban J connectivity index is 2.14. The van der Waals surface area contributed by atoms with Crippen molar-refractivity contribution < 1.29 is 13.9 Å². The lowest BCUT2D eigenvalue weighted by Gasteiger charge is -2.09. The predicted molar refractivity (Wildman–Crippen MR) is 77.9 cm³/mol. The SMILES string of the molecule is CCOC(=O)c1cnn(C)c1CNc1ccc(Cl)c(F)c1. The van der Waals surface area contributed by atoms with Gasteiger partial charge < -0.3 is 10.1 Å². The smallest absolute Gasteiger partial charge is 0.341 e. The second-order valence-electron chi connectivity index (χ2n) is 4.33. The highest BCUT2D eigenvalue weighted by molar-refractivity contribution is 6.30. The summed E-state index contributed by atoms with van der Waals surface area (Å²) >= 11 is 5.63. The zero-order chi connectivity index (χ0) is 15.4. The van der Waals surface area contributed by atoms with E-state index < -0.39 is 11.8 Å². The van der Waals surface area contributed by atoms with Gasteiger partial charge in [-0.3, -0.25) is 4.68 Å². The Morgan fingerprint density at radius 3 is 2.95 bits per heavy atom. The molecule has 0 aliphatic carbocycles. The lowest BCUT2D eigenvalue weighted by atomic mass is 10.2. The Kier molecular flexibility index (Phi) is 4.80. The first-order chi connectivity index (χ1) is 10.0. The van der Waals surface area contributed by atoms with Gasteiger partial charge in [-0.15, -0.1) is 0 Å². The molecular weight excluding hydrogens is 297 g/mol. The van der Waals surface area contributed by atoms with Crippen LogP contribution in [0.25, 0.3) is 0 Å². The Hall–Kier alpha value is -2.08. The largest absolute Gasteiger partial charge is 0.462 e. The summed E-state index contributed by atoms with van der Waals surface area (Å²) in [4.78, 5) is 11.8. The Labute approximate surface area is 126 Å². The van der Waals surface area contributed by atoms with Crippen LogP contribution in [0.3, 0.4) is 0 Å². The van der Waals surface area contributed by atoms with E-state index in [9.17, 15) is 9.18 Å². The fraction of sp³-hybridized carbons (Fsp3) is 0.286. The van der Waals surface area contributed by atoms with Gasteiger partial charge >= 0.3 is 5.97 Å². The molecule has 0 saturated heterocycles. The molecule has 7 heteroatoms. The molecule has 2 rings (SSSR count). The molecule has 2 aromatic rings. The summed E-state index contributed by atoms with van der Waals surface area (Å²) in [5, 5.41) is 7.13. The topological polar surface area (TPSA) is 56.1 Å². The number of anilines is 1.